The third-order valence-corrected chi connectivity index (χ3v) is 4.24. The summed E-state index contributed by atoms with van der Waals surface area (Å²) in [6.07, 6.45) is 2.67. The number of piperidine rings is 1. The number of hydrogen-bond acceptors (Lipinski definition) is 3. The predicted molar refractivity (Wildman–Crippen MR) is 70.9 cm³/mol. The second-order valence-electron chi connectivity index (χ2n) is 5.41. The van der Waals surface area contributed by atoms with Crippen molar-refractivity contribution in [1.29, 1.82) is 5.26 Å². The molecule has 2 saturated heterocycles. The van der Waals surface area contributed by atoms with Crippen molar-refractivity contribution < 1.29 is 0 Å². The number of nitrogens with zero attached hydrogens (tertiary/aromatic N) is 2. The van der Waals surface area contributed by atoms with Gasteiger partial charge in [-0.25, -0.2) is 0 Å². The number of nitrogens with one attached hydrogen (secondary N) is 1. The van der Waals surface area contributed by atoms with E-state index in [9.17, 15) is 0 Å². The number of likely N-dealkylation sites (tertiary alicyclic amines) is 1. The Bertz CT molecular complexity index is 463. The molecule has 1 aromatic rings. The molecule has 18 heavy (non-hydrogen) atoms. The summed E-state index contributed by atoms with van der Waals surface area (Å²) in [5, 5.41) is 12.5. The van der Waals surface area contributed by atoms with Gasteiger partial charge in [-0.2, -0.15) is 5.26 Å². The molecule has 0 saturated carbocycles. The van der Waals surface area contributed by atoms with Gasteiger partial charge in [-0.1, -0.05) is 12.1 Å². The highest BCUT2D eigenvalue weighted by Crippen LogP contribution is 2.27. The monoisotopic (exact) mass is 241 g/mol. The van der Waals surface area contributed by atoms with Crippen molar-refractivity contribution in [2.45, 2.75) is 25.4 Å². The zero-order chi connectivity index (χ0) is 12.4. The van der Waals surface area contributed by atoms with Crippen LogP contribution in [0.25, 0.3) is 0 Å². The van der Waals surface area contributed by atoms with Gasteiger partial charge >= 0.3 is 0 Å². The maximum atomic E-state index is 8.94. The van der Waals surface area contributed by atoms with E-state index >= 15 is 0 Å². The predicted octanol–water partition coefficient (Wildman–Crippen LogP) is 1.74. The molecule has 2 atom stereocenters. The van der Waals surface area contributed by atoms with Gasteiger partial charge in [0.05, 0.1) is 11.6 Å². The van der Waals surface area contributed by atoms with Crippen molar-refractivity contribution in [1.82, 2.24) is 10.2 Å². The standard InChI is InChI=1S/C15H19N3/c16-8-12-3-1-4-13(7-12)11-18-6-2-5-14-9-17-10-15(14)18/h1,3-4,7,14-15,17H,2,5-6,9-11H2. The zero-order valence-electron chi connectivity index (χ0n) is 10.6. The fourth-order valence-corrected chi connectivity index (χ4v) is 3.33. The van der Waals surface area contributed by atoms with Crippen LogP contribution in [0.1, 0.15) is 24.0 Å². The van der Waals surface area contributed by atoms with Crippen LogP contribution in [-0.2, 0) is 6.54 Å². The van der Waals surface area contributed by atoms with Gasteiger partial charge in [0.2, 0.25) is 0 Å². The maximum Gasteiger partial charge on any atom is 0.0991 e. The molecule has 1 aromatic carbocycles. The molecule has 0 radical (unpaired) electrons. The summed E-state index contributed by atoms with van der Waals surface area (Å²) in [6.45, 7) is 4.49. The van der Waals surface area contributed by atoms with Gasteiger partial charge in [-0.15, -0.1) is 0 Å². The van der Waals surface area contributed by atoms with Gasteiger partial charge in [0, 0.05) is 19.1 Å². The summed E-state index contributed by atoms with van der Waals surface area (Å²) in [7, 11) is 0. The minimum atomic E-state index is 0.699. The Balaban J connectivity index is 1.73. The summed E-state index contributed by atoms with van der Waals surface area (Å²) in [5.74, 6) is 0.831. The first-order valence-corrected chi connectivity index (χ1v) is 6.80. The first kappa shape index (κ1) is 11.7. The summed E-state index contributed by atoms with van der Waals surface area (Å²) >= 11 is 0. The van der Waals surface area contributed by atoms with Crippen molar-refractivity contribution in [2.75, 3.05) is 19.6 Å². The number of rotatable bonds is 2. The lowest BCUT2D eigenvalue weighted by atomic mass is 9.91. The van der Waals surface area contributed by atoms with Gasteiger partial charge in [-0.3, -0.25) is 4.90 Å². The molecule has 3 rings (SSSR count). The molecule has 94 valence electrons. The molecule has 0 aromatic heterocycles. The first-order valence-electron chi connectivity index (χ1n) is 6.80. The second kappa shape index (κ2) is 5.09. The third-order valence-electron chi connectivity index (χ3n) is 4.24. The maximum absolute atomic E-state index is 8.94. The second-order valence-corrected chi connectivity index (χ2v) is 5.41. The Morgan fingerprint density at radius 1 is 1.39 bits per heavy atom. The molecule has 3 nitrogen and oxygen atoms in total. The van der Waals surface area contributed by atoms with Crippen LogP contribution in [0.4, 0.5) is 0 Å². The molecule has 1 N–H and O–H groups in total. The smallest absolute Gasteiger partial charge is 0.0991 e. The molecular formula is C15H19N3. The summed E-state index contributed by atoms with van der Waals surface area (Å²) in [4.78, 5) is 2.59. The minimum Gasteiger partial charge on any atom is -0.315 e. The molecule has 2 aliphatic rings. The van der Waals surface area contributed by atoms with E-state index in [1.54, 1.807) is 0 Å². The van der Waals surface area contributed by atoms with E-state index in [4.69, 9.17) is 5.26 Å². The van der Waals surface area contributed by atoms with Crippen molar-refractivity contribution in [3.63, 3.8) is 0 Å². The Morgan fingerprint density at radius 3 is 3.22 bits per heavy atom. The summed E-state index contributed by atoms with van der Waals surface area (Å²) < 4.78 is 0. The Morgan fingerprint density at radius 2 is 2.33 bits per heavy atom. The van der Waals surface area contributed by atoms with Crippen LogP contribution in [-0.4, -0.2) is 30.6 Å². The number of nitriles is 1. The normalized spacial score (nSPS) is 27.7. The fourth-order valence-electron chi connectivity index (χ4n) is 3.33. The summed E-state index contributed by atoms with van der Waals surface area (Å²) in [5.41, 5.74) is 2.03. The van der Waals surface area contributed by atoms with Crippen molar-refractivity contribution in [2.24, 2.45) is 5.92 Å². The van der Waals surface area contributed by atoms with E-state index in [2.05, 4.69) is 22.4 Å². The average Bonchev–Trinajstić information content (AvgIpc) is 2.88. The van der Waals surface area contributed by atoms with Gasteiger partial charge in [-0.05, 0) is 49.5 Å². The molecule has 0 aliphatic carbocycles. The van der Waals surface area contributed by atoms with E-state index in [0.717, 1.165) is 24.6 Å². The molecular weight excluding hydrogens is 222 g/mol. The van der Waals surface area contributed by atoms with E-state index < -0.39 is 0 Å². The van der Waals surface area contributed by atoms with Gasteiger partial charge < -0.3 is 5.32 Å². The number of fused-ring (bicyclic) bond motifs is 1. The lowest BCUT2D eigenvalue weighted by molar-refractivity contribution is 0.117. The van der Waals surface area contributed by atoms with E-state index in [0.29, 0.717) is 6.04 Å². The summed E-state index contributed by atoms with van der Waals surface area (Å²) in [6, 6.07) is 10.9. The van der Waals surface area contributed by atoms with Crippen LogP contribution in [0, 0.1) is 17.2 Å². The van der Waals surface area contributed by atoms with E-state index in [1.807, 2.05) is 18.2 Å². The van der Waals surface area contributed by atoms with Crippen LogP contribution < -0.4 is 5.32 Å². The van der Waals surface area contributed by atoms with E-state index in [-0.39, 0.29) is 0 Å². The molecule has 2 unspecified atom stereocenters. The van der Waals surface area contributed by atoms with Crippen molar-refractivity contribution in [3.05, 3.63) is 35.4 Å². The largest absolute Gasteiger partial charge is 0.315 e. The molecule has 2 heterocycles. The zero-order valence-corrected chi connectivity index (χ0v) is 10.6. The topological polar surface area (TPSA) is 39.1 Å². The number of benzene rings is 1. The molecule has 2 fully saturated rings. The molecule has 2 aliphatic heterocycles. The molecule has 0 amide bonds. The average molecular weight is 241 g/mol. The highest BCUT2D eigenvalue weighted by atomic mass is 15.2. The van der Waals surface area contributed by atoms with Crippen LogP contribution in [0.3, 0.4) is 0 Å². The highest BCUT2D eigenvalue weighted by molar-refractivity contribution is 5.32. The Hall–Kier alpha value is -1.37. The first-order chi connectivity index (χ1) is 8.86. The molecule has 0 spiro atoms. The quantitative estimate of drug-likeness (QED) is 0.857. The fraction of sp³-hybridized carbons (Fsp3) is 0.533. The SMILES string of the molecule is N#Cc1cccc(CN2CCCC3CNCC32)c1. The number of hydrogen-bond donors (Lipinski definition) is 1. The van der Waals surface area contributed by atoms with Crippen LogP contribution >= 0.6 is 0 Å². The van der Waals surface area contributed by atoms with Gasteiger partial charge in [0.15, 0.2) is 0 Å². The minimum absolute atomic E-state index is 0.699. The third kappa shape index (κ3) is 2.27. The van der Waals surface area contributed by atoms with Crippen LogP contribution in [0.15, 0.2) is 24.3 Å². The van der Waals surface area contributed by atoms with Crippen LogP contribution in [0.2, 0.25) is 0 Å². The van der Waals surface area contributed by atoms with Crippen LogP contribution in [0.5, 0.6) is 0 Å². The van der Waals surface area contributed by atoms with E-state index in [1.165, 1.54) is 31.5 Å². The highest BCUT2D eigenvalue weighted by Gasteiger charge is 2.34. The Labute approximate surface area is 108 Å². The van der Waals surface area contributed by atoms with Gasteiger partial charge in [0.1, 0.15) is 0 Å². The molecule has 0 bridgehead atoms. The van der Waals surface area contributed by atoms with Crippen molar-refractivity contribution in [3.8, 4) is 6.07 Å². The lowest BCUT2D eigenvalue weighted by Crippen LogP contribution is -2.44. The Kier molecular flexibility index (Phi) is 3.31. The van der Waals surface area contributed by atoms with Crippen molar-refractivity contribution >= 4 is 0 Å². The van der Waals surface area contributed by atoms with Gasteiger partial charge in [0.25, 0.3) is 0 Å². The molecule has 3 heteroatoms. The lowest BCUT2D eigenvalue weighted by Gasteiger charge is -2.37.